The minimum Gasteiger partial charge on any atom is -0.379 e. The van der Waals surface area contributed by atoms with Crippen LogP contribution in [0.5, 0.6) is 0 Å². The third kappa shape index (κ3) is 3.01. The van der Waals surface area contributed by atoms with Crippen molar-refractivity contribution in [3.05, 3.63) is 41.0 Å². The first-order valence-corrected chi connectivity index (χ1v) is 12.2. The Balaban J connectivity index is 1.35. The van der Waals surface area contributed by atoms with Crippen LogP contribution in [-0.2, 0) is 11.2 Å². The second-order valence-electron chi connectivity index (χ2n) is 8.83. The molecule has 0 saturated carbocycles. The zero-order valence-electron chi connectivity index (χ0n) is 17.0. The van der Waals surface area contributed by atoms with Gasteiger partial charge in [0.2, 0.25) is 0 Å². The molecule has 5 heterocycles. The number of benzene rings is 1. The average molecular weight is 461 g/mol. The number of anilines is 2. The molecule has 1 spiro atoms. The maximum Gasteiger partial charge on any atom is 0.176 e. The van der Waals surface area contributed by atoms with Gasteiger partial charge in [0, 0.05) is 34.3 Å². The second kappa shape index (κ2) is 7.10. The first-order valence-electron chi connectivity index (χ1n) is 10.5. The molecule has 0 bridgehead atoms. The maximum atomic E-state index is 15.0. The van der Waals surface area contributed by atoms with Crippen LogP contribution in [0.3, 0.4) is 0 Å². The minimum absolute atomic E-state index is 0.0191. The number of hydrogen-bond acceptors (Lipinski definition) is 7. The number of ether oxygens (including phenoxy) is 1. The number of fused-ring (bicyclic) bond motifs is 2. The van der Waals surface area contributed by atoms with Crippen LogP contribution in [0.1, 0.15) is 25.3 Å². The molecule has 2 N–H and O–H groups in total. The van der Waals surface area contributed by atoms with E-state index in [-0.39, 0.29) is 21.5 Å². The SMILES string of the molecule is CC1([C@@H]2CCN[C@]23CCOC3)Cc2c(Nc3c(F)cc4scnc4c3F)ccnc2S1. The lowest BCUT2D eigenvalue weighted by atomic mass is 9.74. The van der Waals surface area contributed by atoms with E-state index in [0.717, 1.165) is 49.6 Å². The Morgan fingerprint density at radius 2 is 2.23 bits per heavy atom. The third-order valence-corrected chi connectivity index (χ3v) is 9.24. The summed E-state index contributed by atoms with van der Waals surface area (Å²) in [6, 6.07) is 3.14. The Morgan fingerprint density at radius 1 is 1.32 bits per heavy atom. The number of hydrogen-bond donors (Lipinski definition) is 2. The molecule has 3 atom stereocenters. The summed E-state index contributed by atoms with van der Waals surface area (Å²) in [5, 5.41) is 7.68. The fourth-order valence-corrected chi connectivity index (χ4v) is 7.84. The number of thioether (sulfide) groups is 1. The van der Waals surface area contributed by atoms with E-state index < -0.39 is 11.6 Å². The van der Waals surface area contributed by atoms with Crippen LogP contribution in [0.2, 0.25) is 0 Å². The van der Waals surface area contributed by atoms with E-state index in [1.807, 2.05) is 0 Å². The van der Waals surface area contributed by atoms with Crippen LogP contribution in [0.15, 0.2) is 28.9 Å². The zero-order chi connectivity index (χ0) is 21.2. The highest BCUT2D eigenvalue weighted by atomic mass is 32.2. The first-order chi connectivity index (χ1) is 15.0. The van der Waals surface area contributed by atoms with E-state index >= 15 is 0 Å². The molecule has 162 valence electrons. The molecule has 9 heteroatoms. The van der Waals surface area contributed by atoms with Gasteiger partial charge in [0.15, 0.2) is 11.6 Å². The van der Waals surface area contributed by atoms with Crippen molar-refractivity contribution in [2.24, 2.45) is 5.92 Å². The predicted molar refractivity (Wildman–Crippen MR) is 119 cm³/mol. The highest BCUT2D eigenvalue weighted by Crippen LogP contribution is 2.56. The summed E-state index contributed by atoms with van der Waals surface area (Å²) in [6.07, 6.45) is 4.61. The molecule has 2 aromatic heterocycles. The highest BCUT2D eigenvalue weighted by Gasteiger charge is 2.55. The van der Waals surface area contributed by atoms with Crippen LogP contribution in [0, 0.1) is 17.6 Å². The van der Waals surface area contributed by atoms with Gasteiger partial charge in [-0.25, -0.2) is 18.7 Å². The molecular weight excluding hydrogens is 438 g/mol. The number of thiazole rings is 1. The molecule has 0 amide bonds. The van der Waals surface area contributed by atoms with Gasteiger partial charge in [-0.15, -0.1) is 11.3 Å². The Hall–Kier alpha value is -1.81. The van der Waals surface area contributed by atoms with E-state index in [0.29, 0.717) is 16.3 Å². The van der Waals surface area contributed by atoms with E-state index in [9.17, 15) is 8.78 Å². The third-order valence-electron chi connectivity index (χ3n) is 7.02. The van der Waals surface area contributed by atoms with Gasteiger partial charge in [-0.05, 0) is 50.8 Å². The molecule has 0 aliphatic carbocycles. The smallest absolute Gasteiger partial charge is 0.176 e. The molecule has 2 fully saturated rings. The molecule has 3 aliphatic rings. The molecule has 2 saturated heterocycles. The summed E-state index contributed by atoms with van der Waals surface area (Å²) >= 11 is 3.01. The van der Waals surface area contributed by atoms with E-state index in [4.69, 9.17) is 4.74 Å². The van der Waals surface area contributed by atoms with Crippen molar-refractivity contribution in [3.8, 4) is 0 Å². The quantitative estimate of drug-likeness (QED) is 0.581. The lowest BCUT2D eigenvalue weighted by Crippen LogP contribution is -2.52. The number of nitrogens with one attached hydrogen (secondary N) is 2. The van der Waals surface area contributed by atoms with Crippen LogP contribution in [0.25, 0.3) is 10.2 Å². The van der Waals surface area contributed by atoms with Gasteiger partial charge >= 0.3 is 0 Å². The number of halogens is 2. The van der Waals surface area contributed by atoms with Gasteiger partial charge in [-0.1, -0.05) is 11.8 Å². The van der Waals surface area contributed by atoms with Crippen molar-refractivity contribution in [1.82, 2.24) is 15.3 Å². The Morgan fingerprint density at radius 3 is 3.06 bits per heavy atom. The van der Waals surface area contributed by atoms with Crippen molar-refractivity contribution >= 4 is 44.7 Å². The van der Waals surface area contributed by atoms with E-state index in [1.54, 1.807) is 24.0 Å². The van der Waals surface area contributed by atoms with Gasteiger partial charge < -0.3 is 15.4 Å². The summed E-state index contributed by atoms with van der Waals surface area (Å²) in [6.45, 7) is 4.82. The predicted octanol–water partition coefficient (Wildman–Crippen LogP) is 4.89. The lowest BCUT2D eigenvalue weighted by molar-refractivity contribution is 0.146. The normalized spacial score (nSPS) is 29.8. The second-order valence-corrected chi connectivity index (χ2v) is 11.2. The van der Waals surface area contributed by atoms with E-state index in [1.165, 1.54) is 22.9 Å². The summed E-state index contributed by atoms with van der Waals surface area (Å²) < 4.78 is 35.9. The monoisotopic (exact) mass is 460 g/mol. The van der Waals surface area contributed by atoms with Gasteiger partial charge in [0.25, 0.3) is 0 Å². The lowest BCUT2D eigenvalue weighted by Gasteiger charge is -2.40. The first kappa shape index (κ1) is 19.8. The summed E-state index contributed by atoms with van der Waals surface area (Å²) in [4.78, 5) is 8.65. The Bertz CT molecular complexity index is 1170. The summed E-state index contributed by atoms with van der Waals surface area (Å²) in [7, 11) is 0. The van der Waals surface area contributed by atoms with Crippen molar-refractivity contribution in [2.45, 2.75) is 41.5 Å². The van der Waals surface area contributed by atoms with Crippen LogP contribution < -0.4 is 10.6 Å². The van der Waals surface area contributed by atoms with Crippen molar-refractivity contribution < 1.29 is 13.5 Å². The van der Waals surface area contributed by atoms with Crippen LogP contribution in [0.4, 0.5) is 20.2 Å². The van der Waals surface area contributed by atoms with Gasteiger partial charge in [-0.2, -0.15) is 0 Å². The van der Waals surface area contributed by atoms with Gasteiger partial charge in [0.05, 0.1) is 16.8 Å². The maximum absolute atomic E-state index is 15.0. The molecule has 31 heavy (non-hydrogen) atoms. The molecule has 0 radical (unpaired) electrons. The van der Waals surface area contributed by atoms with E-state index in [2.05, 4.69) is 27.5 Å². The molecule has 1 aromatic carbocycles. The van der Waals surface area contributed by atoms with Crippen molar-refractivity contribution in [3.63, 3.8) is 0 Å². The fraction of sp³-hybridized carbons (Fsp3) is 0.455. The van der Waals surface area contributed by atoms with Crippen LogP contribution in [-0.4, -0.2) is 40.0 Å². The number of nitrogens with zero attached hydrogens (tertiary/aromatic N) is 2. The van der Waals surface area contributed by atoms with Crippen LogP contribution >= 0.6 is 23.1 Å². The molecule has 1 unspecified atom stereocenters. The van der Waals surface area contributed by atoms with Gasteiger partial charge in [0.1, 0.15) is 16.2 Å². The Labute approximate surface area is 187 Å². The molecule has 3 aliphatic heterocycles. The fourth-order valence-electron chi connectivity index (χ4n) is 5.58. The minimum atomic E-state index is -0.655. The summed E-state index contributed by atoms with van der Waals surface area (Å²) in [5.74, 6) is -0.832. The highest BCUT2D eigenvalue weighted by molar-refractivity contribution is 8.01. The molecular formula is C22H22F2N4OS2. The molecule has 6 rings (SSSR count). The summed E-state index contributed by atoms with van der Waals surface area (Å²) in [5.41, 5.74) is 3.31. The van der Waals surface area contributed by atoms with Crippen molar-refractivity contribution in [2.75, 3.05) is 25.1 Å². The topological polar surface area (TPSA) is 59.1 Å². The number of rotatable bonds is 3. The van der Waals surface area contributed by atoms with Gasteiger partial charge in [-0.3, -0.25) is 0 Å². The zero-order valence-corrected chi connectivity index (χ0v) is 18.6. The largest absolute Gasteiger partial charge is 0.379 e. The molecule has 3 aromatic rings. The van der Waals surface area contributed by atoms with Crippen molar-refractivity contribution in [1.29, 1.82) is 0 Å². The average Bonchev–Trinajstić information content (AvgIpc) is 3.52. The number of aromatic nitrogens is 2. The standard InChI is InChI=1S/C22H22F2N4OS2/c1-21(16-3-6-27-22(16)4-7-29-10-22)9-12-14(2-5-25-20(12)31-21)28-18-13(23)8-15-19(17(18)24)26-11-30-15/h2,5,8,11,16,27H,3-4,6-7,9-10H2,1H3,(H,25,28)/t16-,21?,22-/m0/s1. The number of pyridine rings is 1. The molecule has 5 nitrogen and oxygen atoms in total. The Kier molecular flexibility index (Phi) is 4.54.